The van der Waals surface area contributed by atoms with Gasteiger partial charge in [-0.1, -0.05) is 6.92 Å². The standard InChI is InChI=1S/C14H24N4O2S/c1-3-6-17-10-14(16-11(17)2)21(19,20)18-7-4-5-12-8-15-9-13(12)18/h10,12-13,15H,3-9H2,1-2H3. The SMILES string of the molecule is CCCn1cc(S(=O)(=O)N2CCCC3CNCC32)nc1C. The van der Waals surface area contributed by atoms with Crippen LogP contribution in [0, 0.1) is 12.8 Å². The van der Waals surface area contributed by atoms with Gasteiger partial charge in [0.1, 0.15) is 5.82 Å². The molecule has 2 aliphatic heterocycles. The van der Waals surface area contributed by atoms with Crippen molar-refractivity contribution in [2.24, 2.45) is 5.92 Å². The van der Waals surface area contributed by atoms with Crippen molar-refractivity contribution in [2.75, 3.05) is 19.6 Å². The number of aryl methyl sites for hydroxylation is 2. The molecule has 1 aromatic rings. The van der Waals surface area contributed by atoms with Gasteiger partial charge in [-0.25, -0.2) is 13.4 Å². The fraction of sp³-hybridized carbons (Fsp3) is 0.786. The second-order valence-corrected chi connectivity index (χ2v) is 7.90. The van der Waals surface area contributed by atoms with Crippen LogP contribution in [-0.4, -0.2) is 48.0 Å². The molecule has 0 aliphatic carbocycles. The summed E-state index contributed by atoms with van der Waals surface area (Å²) in [6, 6.07) is 0.0976. The summed E-state index contributed by atoms with van der Waals surface area (Å²) in [6.07, 6.45) is 4.72. The average Bonchev–Trinajstić information content (AvgIpc) is 3.06. The van der Waals surface area contributed by atoms with E-state index in [4.69, 9.17) is 0 Å². The lowest BCUT2D eigenvalue weighted by Crippen LogP contribution is -2.48. The Morgan fingerprint density at radius 3 is 3.00 bits per heavy atom. The number of imidazole rings is 1. The number of nitrogens with one attached hydrogen (secondary N) is 1. The van der Waals surface area contributed by atoms with Crippen LogP contribution in [-0.2, 0) is 16.6 Å². The van der Waals surface area contributed by atoms with Gasteiger partial charge in [-0.3, -0.25) is 0 Å². The van der Waals surface area contributed by atoms with Crippen LogP contribution in [0.25, 0.3) is 0 Å². The van der Waals surface area contributed by atoms with E-state index < -0.39 is 10.0 Å². The van der Waals surface area contributed by atoms with Crippen molar-refractivity contribution >= 4 is 10.0 Å². The number of rotatable bonds is 4. The van der Waals surface area contributed by atoms with Crippen LogP contribution in [0.3, 0.4) is 0 Å². The molecule has 3 rings (SSSR count). The molecule has 3 heterocycles. The van der Waals surface area contributed by atoms with Crippen molar-refractivity contribution < 1.29 is 8.42 Å². The highest BCUT2D eigenvalue weighted by Crippen LogP contribution is 2.31. The maximum absolute atomic E-state index is 12.9. The third kappa shape index (κ3) is 2.62. The summed E-state index contributed by atoms with van der Waals surface area (Å²) in [4.78, 5) is 4.30. The second-order valence-electron chi connectivity index (χ2n) is 6.06. The minimum atomic E-state index is -3.47. The predicted molar refractivity (Wildman–Crippen MR) is 80.5 cm³/mol. The van der Waals surface area contributed by atoms with Gasteiger partial charge in [-0.05, 0) is 38.6 Å². The van der Waals surface area contributed by atoms with Crippen molar-refractivity contribution in [2.45, 2.75) is 50.7 Å². The smallest absolute Gasteiger partial charge is 0.262 e. The molecule has 0 bridgehead atoms. The Kier molecular flexibility index (Phi) is 4.07. The summed E-state index contributed by atoms with van der Waals surface area (Å²) in [5.41, 5.74) is 0. The van der Waals surface area contributed by atoms with Gasteiger partial charge in [0.25, 0.3) is 10.0 Å². The number of fused-ring (bicyclic) bond motifs is 1. The quantitative estimate of drug-likeness (QED) is 0.900. The number of sulfonamides is 1. The van der Waals surface area contributed by atoms with Crippen molar-refractivity contribution in [3.05, 3.63) is 12.0 Å². The maximum atomic E-state index is 12.9. The molecule has 2 fully saturated rings. The molecular formula is C14H24N4O2S. The van der Waals surface area contributed by atoms with E-state index in [1.54, 1.807) is 10.5 Å². The molecular weight excluding hydrogens is 288 g/mol. The van der Waals surface area contributed by atoms with Crippen molar-refractivity contribution in [1.29, 1.82) is 0 Å². The van der Waals surface area contributed by atoms with Gasteiger partial charge in [0.2, 0.25) is 0 Å². The summed E-state index contributed by atoms with van der Waals surface area (Å²) in [5, 5.41) is 3.53. The van der Waals surface area contributed by atoms with E-state index in [9.17, 15) is 8.42 Å². The molecule has 0 aromatic carbocycles. The Bertz CT molecular complexity index is 610. The first-order valence-electron chi connectivity index (χ1n) is 7.80. The normalized spacial score (nSPS) is 27.0. The lowest BCUT2D eigenvalue weighted by molar-refractivity contribution is 0.217. The number of hydrogen-bond acceptors (Lipinski definition) is 4. The molecule has 0 radical (unpaired) electrons. The zero-order valence-electron chi connectivity index (χ0n) is 12.7. The van der Waals surface area contributed by atoms with Gasteiger partial charge in [0.15, 0.2) is 5.03 Å². The number of hydrogen-bond donors (Lipinski definition) is 1. The van der Waals surface area contributed by atoms with E-state index in [1.807, 2.05) is 11.5 Å². The first-order valence-corrected chi connectivity index (χ1v) is 9.24. The highest BCUT2D eigenvalue weighted by molar-refractivity contribution is 7.89. The Hall–Kier alpha value is -0.920. The average molecular weight is 312 g/mol. The fourth-order valence-electron chi connectivity index (χ4n) is 3.52. The van der Waals surface area contributed by atoms with Crippen LogP contribution in [0.5, 0.6) is 0 Å². The zero-order chi connectivity index (χ0) is 15.0. The van der Waals surface area contributed by atoms with Crippen LogP contribution in [0.4, 0.5) is 0 Å². The van der Waals surface area contributed by atoms with E-state index in [0.29, 0.717) is 12.5 Å². The molecule has 6 nitrogen and oxygen atoms in total. The van der Waals surface area contributed by atoms with Gasteiger partial charge in [0.05, 0.1) is 0 Å². The van der Waals surface area contributed by atoms with Crippen molar-refractivity contribution in [1.82, 2.24) is 19.2 Å². The molecule has 2 saturated heterocycles. The summed E-state index contributed by atoms with van der Waals surface area (Å²) < 4.78 is 29.5. The zero-order valence-corrected chi connectivity index (χ0v) is 13.6. The van der Waals surface area contributed by atoms with Gasteiger partial charge in [0, 0.05) is 31.9 Å². The molecule has 2 aliphatic rings. The highest BCUT2D eigenvalue weighted by atomic mass is 32.2. The largest absolute Gasteiger partial charge is 0.334 e. The Morgan fingerprint density at radius 2 is 2.24 bits per heavy atom. The summed E-state index contributed by atoms with van der Waals surface area (Å²) >= 11 is 0. The predicted octanol–water partition coefficient (Wildman–Crippen LogP) is 0.974. The monoisotopic (exact) mass is 312 g/mol. The van der Waals surface area contributed by atoms with E-state index in [2.05, 4.69) is 17.2 Å². The van der Waals surface area contributed by atoms with Crippen molar-refractivity contribution in [3.63, 3.8) is 0 Å². The van der Waals surface area contributed by atoms with E-state index in [-0.39, 0.29) is 11.1 Å². The van der Waals surface area contributed by atoms with Gasteiger partial charge >= 0.3 is 0 Å². The van der Waals surface area contributed by atoms with Crippen LogP contribution < -0.4 is 5.32 Å². The van der Waals surface area contributed by atoms with Gasteiger partial charge in [-0.15, -0.1) is 0 Å². The molecule has 1 N–H and O–H groups in total. The Balaban J connectivity index is 1.90. The lowest BCUT2D eigenvalue weighted by atomic mass is 9.94. The molecule has 21 heavy (non-hydrogen) atoms. The van der Waals surface area contributed by atoms with Crippen LogP contribution in [0.2, 0.25) is 0 Å². The topological polar surface area (TPSA) is 67.2 Å². The fourth-order valence-corrected chi connectivity index (χ4v) is 5.24. The lowest BCUT2D eigenvalue weighted by Gasteiger charge is -2.35. The Morgan fingerprint density at radius 1 is 1.43 bits per heavy atom. The third-order valence-electron chi connectivity index (χ3n) is 4.62. The molecule has 1 aromatic heterocycles. The van der Waals surface area contributed by atoms with Crippen LogP contribution in [0.15, 0.2) is 11.2 Å². The van der Waals surface area contributed by atoms with Gasteiger partial charge in [-0.2, -0.15) is 4.31 Å². The van der Waals surface area contributed by atoms with E-state index in [1.165, 1.54) is 0 Å². The molecule has 118 valence electrons. The van der Waals surface area contributed by atoms with Crippen LogP contribution >= 0.6 is 0 Å². The first-order chi connectivity index (χ1) is 10.0. The van der Waals surface area contributed by atoms with E-state index >= 15 is 0 Å². The molecule has 2 unspecified atom stereocenters. The minimum absolute atomic E-state index is 0.0976. The number of nitrogens with zero attached hydrogens (tertiary/aromatic N) is 3. The molecule has 0 saturated carbocycles. The first kappa shape index (κ1) is 15.0. The molecule has 0 spiro atoms. The Labute approximate surface area is 126 Å². The second kappa shape index (κ2) is 5.70. The van der Waals surface area contributed by atoms with Crippen LogP contribution in [0.1, 0.15) is 32.0 Å². The third-order valence-corrected chi connectivity index (χ3v) is 6.42. The minimum Gasteiger partial charge on any atom is -0.334 e. The maximum Gasteiger partial charge on any atom is 0.262 e. The molecule has 7 heteroatoms. The highest BCUT2D eigenvalue weighted by Gasteiger charge is 2.42. The summed E-state index contributed by atoms with van der Waals surface area (Å²) in [7, 11) is -3.47. The van der Waals surface area contributed by atoms with Gasteiger partial charge < -0.3 is 9.88 Å². The summed E-state index contributed by atoms with van der Waals surface area (Å²) in [5.74, 6) is 1.22. The van der Waals surface area contributed by atoms with Crippen molar-refractivity contribution in [3.8, 4) is 0 Å². The number of piperidine rings is 1. The molecule has 2 atom stereocenters. The number of aromatic nitrogens is 2. The molecule has 0 amide bonds. The summed E-state index contributed by atoms with van der Waals surface area (Å²) in [6.45, 7) is 7.06. The van der Waals surface area contributed by atoms with E-state index in [0.717, 1.165) is 44.7 Å².